The van der Waals surface area contributed by atoms with Crippen LogP contribution in [0.1, 0.15) is 24.8 Å². The Bertz CT molecular complexity index is 1880. The molecule has 0 saturated carbocycles. The third kappa shape index (κ3) is 5.97. The molecule has 0 spiro atoms. The van der Waals surface area contributed by atoms with Crippen molar-refractivity contribution in [1.82, 2.24) is 29.3 Å². The summed E-state index contributed by atoms with van der Waals surface area (Å²) >= 11 is 0. The van der Waals surface area contributed by atoms with Crippen LogP contribution < -0.4 is 10.6 Å². The van der Waals surface area contributed by atoms with E-state index >= 15 is 0 Å². The molecular formula is C34H34N8O2. The number of carbonyl (C=O) groups is 1. The summed E-state index contributed by atoms with van der Waals surface area (Å²) in [5.74, 6) is 0.612. The molecule has 4 heterocycles. The fourth-order valence-electron chi connectivity index (χ4n) is 5.88. The second kappa shape index (κ2) is 12.6. The molecule has 1 fully saturated rings. The predicted octanol–water partition coefficient (Wildman–Crippen LogP) is 6.57. The molecule has 0 bridgehead atoms. The quantitative estimate of drug-likeness (QED) is 0.198. The molecule has 0 aliphatic carbocycles. The third-order valence-corrected chi connectivity index (χ3v) is 8.04. The van der Waals surface area contributed by atoms with Crippen molar-refractivity contribution in [1.29, 1.82) is 0 Å². The third-order valence-electron chi connectivity index (χ3n) is 8.04. The van der Waals surface area contributed by atoms with Gasteiger partial charge in [-0.1, -0.05) is 67.1 Å². The number of nitrogens with one attached hydrogen (secondary N) is 2. The maximum absolute atomic E-state index is 12.9. The average Bonchev–Trinajstić information content (AvgIpc) is 3.63. The fraction of sp³-hybridized carbons (Fsp3) is 0.235. The Hall–Kier alpha value is -5.22. The lowest BCUT2D eigenvalue weighted by Crippen LogP contribution is -2.33. The van der Waals surface area contributed by atoms with Crippen LogP contribution in [0.25, 0.3) is 27.5 Å². The van der Waals surface area contributed by atoms with Gasteiger partial charge in [0.1, 0.15) is 18.5 Å². The molecule has 2 N–H and O–H groups in total. The van der Waals surface area contributed by atoms with Crippen LogP contribution >= 0.6 is 0 Å². The van der Waals surface area contributed by atoms with E-state index in [0.29, 0.717) is 24.7 Å². The lowest BCUT2D eigenvalue weighted by molar-refractivity contribution is 0.131. The zero-order valence-electron chi connectivity index (χ0n) is 24.4. The van der Waals surface area contributed by atoms with Crippen LogP contribution in [0.5, 0.6) is 0 Å². The Morgan fingerprint density at radius 1 is 0.909 bits per heavy atom. The average molecular weight is 587 g/mol. The molecule has 222 valence electrons. The van der Waals surface area contributed by atoms with Gasteiger partial charge >= 0.3 is 6.09 Å². The van der Waals surface area contributed by atoms with E-state index in [2.05, 4.69) is 55.0 Å². The number of rotatable bonds is 9. The Kier molecular flexibility index (Phi) is 7.88. The van der Waals surface area contributed by atoms with Crippen molar-refractivity contribution in [2.45, 2.75) is 25.8 Å². The van der Waals surface area contributed by atoms with Crippen molar-refractivity contribution in [2.75, 3.05) is 36.9 Å². The van der Waals surface area contributed by atoms with Gasteiger partial charge in [0.2, 0.25) is 0 Å². The molecule has 0 unspecified atom stereocenters. The number of hydrogen-bond acceptors (Lipinski definition) is 7. The predicted molar refractivity (Wildman–Crippen MR) is 172 cm³/mol. The van der Waals surface area contributed by atoms with Gasteiger partial charge in [0, 0.05) is 23.2 Å². The van der Waals surface area contributed by atoms with Gasteiger partial charge in [-0.3, -0.25) is 14.9 Å². The highest BCUT2D eigenvalue weighted by atomic mass is 16.5. The molecule has 1 saturated heterocycles. The zero-order chi connectivity index (χ0) is 29.7. The topological polar surface area (TPSA) is 102 Å². The largest absolute Gasteiger partial charge is 0.448 e. The van der Waals surface area contributed by atoms with Gasteiger partial charge in [0.05, 0.1) is 30.1 Å². The van der Waals surface area contributed by atoms with Crippen molar-refractivity contribution >= 4 is 39.7 Å². The lowest BCUT2D eigenvalue weighted by atomic mass is 10.1. The molecule has 10 nitrogen and oxygen atoms in total. The van der Waals surface area contributed by atoms with E-state index in [0.717, 1.165) is 52.9 Å². The fourth-order valence-corrected chi connectivity index (χ4v) is 5.88. The molecular weight excluding hydrogens is 552 g/mol. The number of piperidine rings is 1. The van der Waals surface area contributed by atoms with Crippen LogP contribution in [0.3, 0.4) is 0 Å². The van der Waals surface area contributed by atoms with Gasteiger partial charge in [-0.25, -0.2) is 14.3 Å². The molecule has 1 aliphatic heterocycles. The lowest BCUT2D eigenvalue weighted by Gasteiger charge is -2.25. The van der Waals surface area contributed by atoms with Crippen LogP contribution in [0.15, 0.2) is 97.6 Å². The molecule has 6 aromatic rings. The Morgan fingerprint density at radius 2 is 1.70 bits per heavy atom. The van der Waals surface area contributed by atoms with Crippen molar-refractivity contribution in [3.8, 4) is 11.1 Å². The summed E-state index contributed by atoms with van der Waals surface area (Å²) in [4.78, 5) is 19.9. The van der Waals surface area contributed by atoms with Gasteiger partial charge in [0.15, 0.2) is 5.82 Å². The maximum atomic E-state index is 12.9. The molecule has 0 radical (unpaired) electrons. The first-order valence-corrected chi connectivity index (χ1v) is 15.1. The molecule has 44 heavy (non-hydrogen) atoms. The second-order valence-corrected chi connectivity index (χ2v) is 11.0. The number of hydrogen-bond donors (Lipinski definition) is 2. The van der Waals surface area contributed by atoms with Gasteiger partial charge in [-0.2, -0.15) is 10.2 Å². The van der Waals surface area contributed by atoms with Crippen molar-refractivity contribution in [3.05, 3.63) is 103 Å². The number of benzene rings is 3. The van der Waals surface area contributed by atoms with Crippen LogP contribution in [0.4, 0.5) is 22.0 Å². The first-order chi connectivity index (χ1) is 21.7. The summed E-state index contributed by atoms with van der Waals surface area (Å²) in [7, 11) is 0. The summed E-state index contributed by atoms with van der Waals surface area (Å²) in [6.45, 7) is 3.91. The molecule has 10 heteroatoms. The van der Waals surface area contributed by atoms with Crippen LogP contribution in [-0.4, -0.2) is 61.6 Å². The van der Waals surface area contributed by atoms with E-state index in [1.165, 1.54) is 31.2 Å². The van der Waals surface area contributed by atoms with Crippen molar-refractivity contribution in [2.24, 2.45) is 0 Å². The molecule has 1 aliphatic rings. The highest BCUT2D eigenvalue weighted by Crippen LogP contribution is 2.37. The van der Waals surface area contributed by atoms with E-state index in [1.54, 1.807) is 10.7 Å². The zero-order valence-corrected chi connectivity index (χ0v) is 24.4. The summed E-state index contributed by atoms with van der Waals surface area (Å²) in [5.41, 5.74) is 6.17. The van der Waals surface area contributed by atoms with E-state index in [4.69, 9.17) is 4.74 Å². The number of carbonyl (C=O) groups excluding carboxylic acids is 1. The second-order valence-electron chi connectivity index (χ2n) is 11.0. The number of likely N-dealkylation sites (tertiary alicyclic amines) is 1. The van der Waals surface area contributed by atoms with Gasteiger partial charge < -0.3 is 10.1 Å². The van der Waals surface area contributed by atoms with Crippen molar-refractivity contribution < 1.29 is 9.53 Å². The number of amides is 1. The molecule has 3 aromatic carbocycles. The standard InChI is InChI=1S/C34H34N8O2/c43-34(44-19-18-40-16-8-3-9-17-40)39-29-23-42-32(31(29)26-12-6-2-7-13-26)33(35-24-37-42)38-28-14-15-30-27(20-28)21-36-41(30)22-25-10-4-1-5-11-25/h1-2,4-7,10-15,20-21,23-24H,3,8-9,16-19,22H2,(H,39,43)(H,35,37,38). The Balaban J connectivity index is 1.15. The highest BCUT2D eigenvalue weighted by Gasteiger charge is 2.20. The molecule has 0 atom stereocenters. The van der Waals surface area contributed by atoms with Gasteiger partial charge in [-0.05, 0) is 55.3 Å². The van der Waals surface area contributed by atoms with E-state index in [9.17, 15) is 4.79 Å². The molecule has 3 aromatic heterocycles. The highest BCUT2D eigenvalue weighted by molar-refractivity contribution is 6.02. The monoisotopic (exact) mass is 586 g/mol. The summed E-state index contributed by atoms with van der Waals surface area (Å²) in [5, 5.41) is 16.6. The minimum atomic E-state index is -0.490. The van der Waals surface area contributed by atoms with Crippen LogP contribution in [0, 0.1) is 0 Å². The summed E-state index contributed by atoms with van der Waals surface area (Å²) in [6, 6.07) is 26.4. The number of anilines is 3. The number of nitrogens with zero attached hydrogens (tertiary/aromatic N) is 6. The number of aromatic nitrogens is 5. The van der Waals surface area contributed by atoms with Gasteiger partial charge in [0.25, 0.3) is 0 Å². The first-order valence-electron chi connectivity index (χ1n) is 15.1. The summed E-state index contributed by atoms with van der Waals surface area (Å²) in [6.07, 6.45) is 8.37. The number of fused-ring (bicyclic) bond motifs is 2. The first kappa shape index (κ1) is 27.6. The SMILES string of the molecule is O=C(Nc1cn2ncnc(Nc3ccc4c(cnn4Cc4ccccc4)c3)c2c1-c1ccccc1)OCCN1CCCCC1. The minimum absolute atomic E-state index is 0.344. The Labute approximate surface area is 255 Å². The summed E-state index contributed by atoms with van der Waals surface area (Å²) < 4.78 is 9.32. The smallest absolute Gasteiger partial charge is 0.411 e. The van der Waals surface area contributed by atoms with E-state index < -0.39 is 6.09 Å². The van der Waals surface area contributed by atoms with Crippen LogP contribution in [0.2, 0.25) is 0 Å². The van der Waals surface area contributed by atoms with E-state index in [1.807, 2.05) is 65.5 Å². The van der Waals surface area contributed by atoms with Crippen LogP contribution in [-0.2, 0) is 11.3 Å². The normalized spacial score (nSPS) is 13.7. The Morgan fingerprint density at radius 3 is 2.52 bits per heavy atom. The molecule has 1 amide bonds. The molecule has 7 rings (SSSR count). The number of ether oxygens (including phenoxy) is 1. The van der Waals surface area contributed by atoms with E-state index in [-0.39, 0.29) is 0 Å². The van der Waals surface area contributed by atoms with Crippen molar-refractivity contribution in [3.63, 3.8) is 0 Å². The maximum Gasteiger partial charge on any atom is 0.411 e. The van der Waals surface area contributed by atoms with Gasteiger partial charge in [-0.15, -0.1) is 0 Å². The minimum Gasteiger partial charge on any atom is -0.448 e.